The van der Waals surface area contributed by atoms with E-state index in [0.717, 1.165) is 17.8 Å². The molecule has 0 saturated carbocycles. The van der Waals surface area contributed by atoms with E-state index in [0.29, 0.717) is 16.7 Å². The van der Waals surface area contributed by atoms with Gasteiger partial charge in [0.25, 0.3) is 5.56 Å². The Morgan fingerprint density at radius 2 is 1.95 bits per heavy atom. The lowest BCUT2D eigenvalue weighted by Gasteiger charge is -2.14. The Labute approximate surface area is 120 Å². The lowest BCUT2D eigenvalue weighted by Crippen LogP contribution is -2.25. The smallest absolute Gasteiger partial charge is 0.283 e. The quantitative estimate of drug-likeness (QED) is 0.940. The SMILES string of the molecule is CCCn1ncc(Nn2c(C)ccc2C)c(Br)c1=O. The van der Waals surface area contributed by atoms with Crippen LogP contribution in [0.1, 0.15) is 24.7 Å². The van der Waals surface area contributed by atoms with Gasteiger partial charge in [0.1, 0.15) is 4.47 Å². The summed E-state index contributed by atoms with van der Waals surface area (Å²) in [5, 5.41) is 4.17. The molecule has 0 atom stereocenters. The average molecular weight is 325 g/mol. The fraction of sp³-hybridized carbons (Fsp3) is 0.385. The van der Waals surface area contributed by atoms with Gasteiger partial charge in [0.2, 0.25) is 0 Å². The van der Waals surface area contributed by atoms with E-state index in [1.807, 2.05) is 37.6 Å². The van der Waals surface area contributed by atoms with Crippen molar-refractivity contribution in [3.63, 3.8) is 0 Å². The average Bonchev–Trinajstić information content (AvgIpc) is 2.70. The molecule has 0 aromatic carbocycles. The van der Waals surface area contributed by atoms with Gasteiger partial charge in [-0.05, 0) is 48.3 Å². The summed E-state index contributed by atoms with van der Waals surface area (Å²) in [6.45, 7) is 6.64. The van der Waals surface area contributed by atoms with Crippen molar-refractivity contribution in [1.29, 1.82) is 0 Å². The van der Waals surface area contributed by atoms with E-state index in [1.165, 1.54) is 4.68 Å². The minimum absolute atomic E-state index is 0.116. The van der Waals surface area contributed by atoms with Gasteiger partial charge in [0, 0.05) is 17.9 Å². The van der Waals surface area contributed by atoms with E-state index in [1.54, 1.807) is 6.20 Å². The van der Waals surface area contributed by atoms with Crippen molar-refractivity contribution in [3.05, 3.63) is 44.5 Å². The van der Waals surface area contributed by atoms with Crippen LogP contribution >= 0.6 is 15.9 Å². The molecule has 0 radical (unpaired) electrons. The molecule has 0 bridgehead atoms. The van der Waals surface area contributed by atoms with E-state index in [4.69, 9.17) is 0 Å². The van der Waals surface area contributed by atoms with E-state index >= 15 is 0 Å². The fourth-order valence-corrected chi connectivity index (χ4v) is 2.28. The van der Waals surface area contributed by atoms with E-state index < -0.39 is 0 Å². The zero-order chi connectivity index (χ0) is 14.0. The van der Waals surface area contributed by atoms with Gasteiger partial charge in [0.05, 0.1) is 11.9 Å². The van der Waals surface area contributed by atoms with Gasteiger partial charge >= 0.3 is 0 Å². The van der Waals surface area contributed by atoms with Gasteiger partial charge < -0.3 is 0 Å². The Bertz CT molecular complexity index is 625. The van der Waals surface area contributed by atoms with Crippen molar-refractivity contribution < 1.29 is 0 Å². The third kappa shape index (κ3) is 2.73. The molecule has 2 aromatic heterocycles. The lowest BCUT2D eigenvalue weighted by molar-refractivity contribution is 0.565. The van der Waals surface area contributed by atoms with Crippen LogP contribution in [0, 0.1) is 13.8 Å². The number of nitrogens with zero attached hydrogens (tertiary/aromatic N) is 3. The highest BCUT2D eigenvalue weighted by Gasteiger charge is 2.10. The Balaban J connectivity index is 2.37. The van der Waals surface area contributed by atoms with Crippen LogP contribution in [0.4, 0.5) is 5.69 Å². The predicted molar refractivity (Wildman–Crippen MR) is 79.4 cm³/mol. The molecule has 102 valence electrons. The van der Waals surface area contributed by atoms with Crippen molar-refractivity contribution in [2.75, 3.05) is 5.43 Å². The van der Waals surface area contributed by atoms with E-state index in [-0.39, 0.29) is 5.56 Å². The highest BCUT2D eigenvalue weighted by molar-refractivity contribution is 9.10. The van der Waals surface area contributed by atoms with Crippen LogP contribution in [-0.2, 0) is 6.54 Å². The van der Waals surface area contributed by atoms with Crippen LogP contribution in [0.2, 0.25) is 0 Å². The first kappa shape index (κ1) is 13.9. The lowest BCUT2D eigenvalue weighted by atomic mass is 10.4. The molecular formula is C13H17BrN4O. The van der Waals surface area contributed by atoms with Gasteiger partial charge in [-0.15, -0.1) is 0 Å². The number of hydrogen-bond acceptors (Lipinski definition) is 3. The van der Waals surface area contributed by atoms with Crippen LogP contribution in [0.15, 0.2) is 27.6 Å². The number of aryl methyl sites for hydroxylation is 3. The van der Waals surface area contributed by atoms with Gasteiger partial charge in [-0.2, -0.15) is 5.10 Å². The molecular weight excluding hydrogens is 308 g/mol. The van der Waals surface area contributed by atoms with E-state index in [9.17, 15) is 4.79 Å². The summed E-state index contributed by atoms with van der Waals surface area (Å²) < 4.78 is 3.89. The molecule has 5 nitrogen and oxygen atoms in total. The largest absolute Gasteiger partial charge is 0.291 e. The molecule has 2 heterocycles. The number of hydrogen-bond donors (Lipinski definition) is 1. The first-order valence-corrected chi connectivity index (χ1v) is 7.01. The van der Waals surface area contributed by atoms with Crippen LogP contribution in [0.25, 0.3) is 0 Å². The molecule has 0 aliphatic heterocycles. The number of rotatable bonds is 4. The van der Waals surface area contributed by atoms with Crippen molar-refractivity contribution >= 4 is 21.6 Å². The molecule has 6 heteroatoms. The highest BCUT2D eigenvalue weighted by atomic mass is 79.9. The summed E-state index contributed by atoms with van der Waals surface area (Å²) in [4.78, 5) is 12.1. The molecule has 0 amide bonds. The van der Waals surface area contributed by atoms with Crippen LogP contribution < -0.4 is 11.0 Å². The Morgan fingerprint density at radius 3 is 2.53 bits per heavy atom. The number of aromatic nitrogens is 3. The summed E-state index contributed by atoms with van der Waals surface area (Å²) in [6.07, 6.45) is 2.54. The molecule has 0 aliphatic rings. The third-order valence-electron chi connectivity index (χ3n) is 2.92. The first-order chi connectivity index (χ1) is 9.04. The summed E-state index contributed by atoms with van der Waals surface area (Å²) in [7, 11) is 0. The molecule has 2 aromatic rings. The third-order valence-corrected chi connectivity index (χ3v) is 3.69. The van der Waals surface area contributed by atoms with Crippen molar-refractivity contribution in [2.45, 2.75) is 33.7 Å². The Hall–Kier alpha value is -1.56. The number of halogens is 1. The highest BCUT2D eigenvalue weighted by Crippen LogP contribution is 2.18. The molecule has 1 N–H and O–H groups in total. The monoisotopic (exact) mass is 324 g/mol. The Kier molecular flexibility index (Phi) is 4.09. The standard InChI is InChI=1S/C13H17BrN4O/c1-4-7-17-13(19)12(14)11(8-15-17)16-18-9(2)5-6-10(18)3/h5-6,8,16H,4,7H2,1-3H3. The molecule has 2 rings (SSSR count). The molecule has 0 aliphatic carbocycles. The predicted octanol–water partition coefficient (Wildman–Crippen LogP) is 2.71. The second-order valence-corrected chi connectivity index (χ2v) is 5.26. The maximum Gasteiger partial charge on any atom is 0.283 e. The topological polar surface area (TPSA) is 51.9 Å². The van der Waals surface area contributed by atoms with Gasteiger partial charge in [-0.25, -0.2) is 4.68 Å². The summed E-state index contributed by atoms with van der Waals surface area (Å²) in [5.74, 6) is 0. The normalized spacial score (nSPS) is 10.7. The zero-order valence-electron chi connectivity index (χ0n) is 11.3. The van der Waals surface area contributed by atoms with Gasteiger partial charge in [0.15, 0.2) is 0 Å². The van der Waals surface area contributed by atoms with Crippen molar-refractivity contribution in [2.24, 2.45) is 0 Å². The minimum Gasteiger partial charge on any atom is -0.291 e. The van der Waals surface area contributed by atoms with Crippen molar-refractivity contribution in [1.82, 2.24) is 14.5 Å². The van der Waals surface area contributed by atoms with Gasteiger partial charge in [-0.3, -0.25) is 14.9 Å². The summed E-state index contributed by atoms with van der Waals surface area (Å²) in [6, 6.07) is 4.03. The van der Waals surface area contributed by atoms with Crippen LogP contribution in [0.3, 0.4) is 0 Å². The second-order valence-electron chi connectivity index (χ2n) is 4.46. The number of anilines is 1. The second kappa shape index (κ2) is 5.61. The first-order valence-electron chi connectivity index (χ1n) is 6.22. The van der Waals surface area contributed by atoms with Gasteiger partial charge in [-0.1, -0.05) is 6.92 Å². The molecule has 0 unspecified atom stereocenters. The molecule has 0 spiro atoms. The molecule has 0 saturated heterocycles. The maximum atomic E-state index is 12.1. The zero-order valence-corrected chi connectivity index (χ0v) is 12.9. The maximum absolute atomic E-state index is 12.1. The Morgan fingerprint density at radius 1 is 1.32 bits per heavy atom. The van der Waals surface area contributed by atoms with Crippen molar-refractivity contribution in [3.8, 4) is 0 Å². The fourth-order valence-electron chi connectivity index (χ4n) is 1.88. The van der Waals surface area contributed by atoms with Crippen LogP contribution in [-0.4, -0.2) is 14.5 Å². The van der Waals surface area contributed by atoms with E-state index in [2.05, 4.69) is 26.5 Å². The minimum atomic E-state index is -0.116. The molecule has 0 fully saturated rings. The number of nitrogens with one attached hydrogen (secondary N) is 1. The summed E-state index contributed by atoms with van der Waals surface area (Å²) in [5.41, 5.74) is 5.89. The summed E-state index contributed by atoms with van der Waals surface area (Å²) >= 11 is 3.35. The molecule has 19 heavy (non-hydrogen) atoms. The van der Waals surface area contributed by atoms with Crippen LogP contribution in [0.5, 0.6) is 0 Å².